The van der Waals surface area contributed by atoms with E-state index in [0.717, 1.165) is 56.3 Å². The van der Waals surface area contributed by atoms with E-state index in [1.807, 2.05) is 0 Å². The number of hydrogen-bond acceptors (Lipinski definition) is 4. The molecule has 4 saturated carbocycles. The van der Waals surface area contributed by atoms with Crippen molar-refractivity contribution in [2.45, 2.75) is 90.6 Å². The first-order chi connectivity index (χ1) is 13.5. The van der Waals surface area contributed by atoms with Gasteiger partial charge in [0.25, 0.3) is 0 Å². The van der Waals surface area contributed by atoms with Crippen LogP contribution in [0.2, 0.25) is 0 Å². The maximum Gasteiger partial charge on any atom is 0.344 e. The molecule has 0 saturated heterocycles. The van der Waals surface area contributed by atoms with Gasteiger partial charge < -0.3 is 9.47 Å². The molecule has 0 spiro atoms. The van der Waals surface area contributed by atoms with Gasteiger partial charge in [-0.05, 0) is 86.9 Å². The van der Waals surface area contributed by atoms with Crippen LogP contribution in [-0.4, -0.2) is 24.1 Å². The van der Waals surface area contributed by atoms with Gasteiger partial charge in [0.1, 0.15) is 5.60 Å². The fraction of sp³-hybridized carbons (Fsp3) is 0.917. The molecule has 0 N–H and O–H groups in total. The van der Waals surface area contributed by atoms with Gasteiger partial charge in [-0.3, -0.25) is 4.79 Å². The minimum atomic E-state index is -0.364. The molecule has 0 amide bonds. The topological polar surface area (TPSA) is 52.6 Å². The second kappa shape index (κ2) is 7.99. The molecule has 0 radical (unpaired) electrons. The van der Waals surface area contributed by atoms with E-state index in [-0.39, 0.29) is 30.1 Å². The van der Waals surface area contributed by atoms with Crippen LogP contribution < -0.4 is 0 Å². The lowest BCUT2D eigenvalue weighted by molar-refractivity contribution is -0.172. The smallest absolute Gasteiger partial charge is 0.344 e. The van der Waals surface area contributed by atoms with Crippen LogP contribution in [0.5, 0.6) is 0 Å². The van der Waals surface area contributed by atoms with Crippen molar-refractivity contribution in [2.24, 2.45) is 41.4 Å². The molecular formula is C24H38O4. The van der Waals surface area contributed by atoms with E-state index in [2.05, 4.69) is 20.8 Å². The Bertz CT molecular complexity index is 593. The Morgan fingerprint density at radius 2 is 1.61 bits per heavy atom. The van der Waals surface area contributed by atoms with Crippen molar-refractivity contribution in [2.75, 3.05) is 6.61 Å². The van der Waals surface area contributed by atoms with E-state index in [4.69, 9.17) is 9.47 Å². The highest BCUT2D eigenvalue weighted by atomic mass is 16.6. The number of ether oxygens (including phenoxy) is 2. The average Bonchev–Trinajstić information content (AvgIpc) is 3.46. The van der Waals surface area contributed by atoms with Crippen LogP contribution >= 0.6 is 0 Å². The van der Waals surface area contributed by atoms with Gasteiger partial charge >= 0.3 is 11.9 Å². The summed E-state index contributed by atoms with van der Waals surface area (Å²) < 4.78 is 11.2. The zero-order valence-corrected chi connectivity index (χ0v) is 18.0. The Balaban J connectivity index is 1.32. The molecule has 4 rings (SSSR count). The lowest BCUT2D eigenvalue weighted by Gasteiger charge is -2.34. The number of carbonyl (C=O) groups excluding carboxylic acids is 2. The predicted molar refractivity (Wildman–Crippen MR) is 107 cm³/mol. The first-order valence-corrected chi connectivity index (χ1v) is 11.9. The molecule has 0 heterocycles. The first kappa shape index (κ1) is 20.2. The lowest BCUT2D eigenvalue weighted by atomic mass is 9.70. The van der Waals surface area contributed by atoms with Gasteiger partial charge in [-0.25, -0.2) is 4.79 Å². The van der Waals surface area contributed by atoms with Crippen molar-refractivity contribution < 1.29 is 19.1 Å². The quantitative estimate of drug-likeness (QED) is 0.565. The van der Waals surface area contributed by atoms with Gasteiger partial charge in [0.2, 0.25) is 0 Å². The third-order valence-corrected chi connectivity index (χ3v) is 9.00. The van der Waals surface area contributed by atoms with Crippen LogP contribution in [0, 0.1) is 41.4 Å². The van der Waals surface area contributed by atoms with Gasteiger partial charge in [-0.2, -0.15) is 0 Å². The average molecular weight is 391 g/mol. The van der Waals surface area contributed by atoms with Crippen molar-refractivity contribution in [1.29, 1.82) is 0 Å². The second-order valence-electron chi connectivity index (χ2n) is 10.1. The van der Waals surface area contributed by atoms with Crippen molar-refractivity contribution >= 4 is 11.9 Å². The number of hydrogen-bond donors (Lipinski definition) is 0. The largest absolute Gasteiger partial charge is 0.457 e. The number of fused-ring (bicyclic) bond motifs is 5. The third kappa shape index (κ3) is 3.39. The highest BCUT2D eigenvalue weighted by molar-refractivity contribution is 5.78. The summed E-state index contributed by atoms with van der Waals surface area (Å²) in [6, 6.07) is 0. The summed E-state index contributed by atoms with van der Waals surface area (Å²) in [7, 11) is 0. The van der Waals surface area contributed by atoms with E-state index >= 15 is 0 Å². The molecule has 28 heavy (non-hydrogen) atoms. The molecule has 4 aliphatic carbocycles. The van der Waals surface area contributed by atoms with Crippen molar-refractivity contribution in [3.05, 3.63) is 0 Å². The Hall–Kier alpha value is -1.06. The maximum absolute atomic E-state index is 12.8. The Kier molecular flexibility index (Phi) is 5.77. The van der Waals surface area contributed by atoms with Crippen LogP contribution in [0.15, 0.2) is 0 Å². The van der Waals surface area contributed by atoms with E-state index in [1.54, 1.807) is 0 Å². The van der Waals surface area contributed by atoms with Crippen molar-refractivity contribution in [3.8, 4) is 0 Å². The summed E-state index contributed by atoms with van der Waals surface area (Å²) in [6.45, 7) is 6.50. The Labute approximate surface area is 170 Å². The van der Waals surface area contributed by atoms with E-state index in [1.165, 1.54) is 25.7 Å². The molecule has 4 aliphatic rings. The number of esters is 2. The molecule has 4 heteroatoms. The minimum absolute atomic E-state index is 0.00956. The van der Waals surface area contributed by atoms with E-state index in [9.17, 15) is 9.59 Å². The fourth-order valence-corrected chi connectivity index (χ4v) is 7.72. The Morgan fingerprint density at radius 1 is 0.929 bits per heavy atom. The van der Waals surface area contributed by atoms with Gasteiger partial charge in [0.05, 0.1) is 5.92 Å². The van der Waals surface area contributed by atoms with Crippen LogP contribution in [0.1, 0.15) is 85.0 Å². The summed E-state index contributed by atoms with van der Waals surface area (Å²) in [5.41, 5.74) is -0.309. The molecule has 4 fully saturated rings. The lowest BCUT2D eigenvalue weighted by Crippen LogP contribution is -2.36. The second-order valence-corrected chi connectivity index (χ2v) is 10.1. The van der Waals surface area contributed by atoms with Crippen LogP contribution in [0.4, 0.5) is 0 Å². The maximum atomic E-state index is 12.8. The van der Waals surface area contributed by atoms with Gasteiger partial charge in [-0.15, -0.1) is 0 Å². The molecule has 0 aromatic carbocycles. The molecule has 2 bridgehead atoms. The normalized spacial score (nSPS) is 40.5. The molecule has 4 nitrogen and oxygen atoms in total. The molecule has 0 aromatic rings. The number of rotatable bonds is 7. The van der Waals surface area contributed by atoms with E-state index in [0.29, 0.717) is 17.8 Å². The predicted octanol–water partition coefficient (Wildman–Crippen LogP) is 5.14. The van der Waals surface area contributed by atoms with Crippen molar-refractivity contribution in [3.63, 3.8) is 0 Å². The van der Waals surface area contributed by atoms with E-state index < -0.39 is 0 Å². The van der Waals surface area contributed by atoms with Crippen LogP contribution in [-0.2, 0) is 19.1 Å². The summed E-state index contributed by atoms with van der Waals surface area (Å²) in [6.07, 6.45) is 11.0. The van der Waals surface area contributed by atoms with Gasteiger partial charge in [-0.1, -0.05) is 33.6 Å². The molecular weight excluding hydrogens is 352 g/mol. The Morgan fingerprint density at radius 3 is 2.25 bits per heavy atom. The zero-order valence-electron chi connectivity index (χ0n) is 18.0. The summed E-state index contributed by atoms with van der Waals surface area (Å²) in [4.78, 5) is 25.1. The number of carbonyl (C=O) groups is 2. The van der Waals surface area contributed by atoms with Crippen molar-refractivity contribution in [1.82, 2.24) is 0 Å². The third-order valence-electron chi connectivity index (χ3n) is 9.00. The highest BCUT2D eigenvalue weighted by Crippen LogP contribution is 2.65. The first-order valence-electron chi connectivity index (χ1n) is 11.9. The van der Waals surface area contributed by atoms with Gasteiger partial charge in [0, 0.05) is 0 Å². The molecule has 7 unspecified atom stereocenters. The van der Waals surface area contributed by atoms with Crippen LogP contribution in [0.3, 0.4) is 0 Å². The standard InChI is InChI=1S/C24H38O4/c1-4-15-11-16(5-2)22-18-12-17(21(15)22)13-19(18)23(26)27-14-20(25)28-24(6-3)9-7-8-10-24/h15-19,21-22H,4-14H2,1-3H3. The molecule has 7 atom stereocenters. The summed E-state index contributed by atoms with van der Waals surface area (Å²) in [5, 5.41) is 0. The molecule has 0 aliphatic heterocycles. The zero-order chi connectivity index (χ0) is 19.9. The summed E-state index contributed by atoms with van der Waals surface area (Å²) >= 11 is 0. The van der Waals surface area contributed by atoms with Crippen LogP contribution in [0.25, 0.3) is 0 Å². The van der Waals surface area contributed by atoms with Gasteiger partial charge in [0.15, 0.2) is 6.61 Å². The monoisotopic (exact) mass is 390 g/mol. The minimum Gasteiger partial charge on any atom is -0.457 e. The SMILES string of the molecule is CCC1CC(CC)C2C3CC(CC3C(=O)OCC(=O)OC3(CC)CCCC3)C12. The molecule has 0 aromatic heterocycles. The fourth-order valence-electron chi connectivity index (χ4n) is 7.72. The highest BCUT2D eigenvalue weighted by Gasteiger charge is 2.61. The summed E-state index contributed by atoms with van der Waals surface area (Å²) in [5.74, 6) is 3.85. The molecule has 158 valence electrons.